The molecule has 112 valence electrons. The molecule has 2 aliphatic heterocycles. The van der Waals surface area contributed by atoms with Crippen LogP contribution in [0.3, 0.4) is 0 Å². The summed E-state index contributed by atoms with van der Waals surface area (Å²) in [5.74, 6) is 2.29. The van der Waals surface area contributed by atoms with Crippen LogP contribution >= 0.6 is 0 Å². The molecule has 4 rings (SSSR count). The first-order chi connectivity index (χ1) is 10.8. The van der Waals surface area contributed by atoms with E-state index in [9.17, 15) is 4.79 Å². The maximum Gasteiger partial charge on any atom is 0.231 e. The van der Waals surface area contributed by atoms with E-state index >= 15 is 0 Å². The number of rotatable bonds is 2. The van der Waals surface area contributed by atoms with Crippen LogP contribution in [-0.2, 0) is 0 Å². The fourth-order valence-electron chi connectivity index (χ4n) is 2.77. The Morgan fingerprint density at radius 1 is 1.00 bits per heavy atom. The molecule has 2 aromatic rings. The van der Waals surface area contributed by atoms with Gasteiger partial charge in [0.2, 0.25) is 6.79 Å². The van der Waals surface area contributed by atoms with E-state index in [4.69, 9.17) is 18.9 Å². The topological polar surface area (TPSA) is 54.0 Å². The molecule has 2 heterocycles. The number of ether oxygens (including phenoxy) is 4. The van der Waals surface area contributed by atoms with E-state index in [2.05, 4.69) is 0 Å². The Hall–Kier alpha value is -2.69. The molecule has 2 aromatic carbocycles. The molecular weight excluding hydrogens is 284 g/mol. The number of Topliss-reactive ketones (excluding diaryl/α,β-unsaturated/α-hetero) is 1. The van der Waals surface area contributed by atoms with Gasteiger partial charge in [-0.3, -0.25) is 4.79 Å². The van der Waals surface area contributed by atoms with Gasteiger partial charge >= 0.3 is 0 Å². The minimum absolute atomic E-state index is 0.0269. The van der Waals surface area contributed by atoms with Crippen LogP contribution in [0.1, 0.15) is 21.8 Å². The number of hydrogen-bond donors (Lipinski definition) is 0. The van der Waals surface area contributed by atoms with Crippen LogP contribution in [0.15, 0.2) is 36.4 Å². The summed E-state index contributed by atoms with van der Waals surface area (Å²) < 4.78 is 21.6. The summed E-state index contributed by atoms with van der Waals surface area (Å²) in [6.45, 7) is 0.533. The zero-order valence-corrected chi connectivity index (χ0v) is 12.0. The first kappa shape index (κ1) is 13.0. The highest BCUT2D eigenvalue weighted by atomic mass is 16.7. The lowest BCUT2D eigenvalue weighted by Gasteiger charge is -2.24. The summed E-state index contributed by atoms with van der Waals surface area (Å²) in [6.07, 6.45) is 0. The van der Waals surface area contributed by atoms with Gasteiger partial charge in [0.1, 0.15) is 18.1 Å². The Bertz CT molecular complexity index is 753. The highest BCUT2D eigenvalue weighted by Crippen LogP contribution is 2.38. The van der Waals surface area contributed by atoms with Gasteiger partial charge in [0.15, 0.2) is 17.3 Å². The number of fused-ring (bicyclic) bond motifs is 2. The first-order valence-electron chi connectivity index (χ1n) is 7.01. The summed E-state index contributed by atoms with van der Waals surface area (Å²) in [4.78, 5) is 12.8. The van der Waals surface area contributed by atoms with Gasteiger partial charge in [0, 0.05) is 0 Å². The second kappa shape index (κ2) is 4.94. The van der Waals surface area contributed by atoms with Gasteiger partial charge in [-0.2, -0.15) is 0 Å². The molecule has 5 heteroatoms. The average molecular weight is 298 g/mol. The van der Waals surface area contributed by atoms with Gasteiger partial charge < -0.3 is 18.9 Å². The minimum atomic E-state index is -0.353. The molecule has 0 unspecified atom stereocenters. The summed E-state index contributed by atoms with van der Waals surface area (Å²) in [5.41, 5.74) is 1.41. The van der Waals surface area contributed by atoms with Crippen LogP contribution in [0.5, 0.6) is 23.0 Å². The molecule has 0 radical (unpaired) electrons. The van der Waals surface area contributed by atoms with Crippen LogP contribution in [0.25, 0.3) is 0 Å². The molecule has 0 spiro atoms. The van der Waals surface area contributed by atoms with Gasteiger partial charge in [-0.1, -0.05) is 6.07 Å². The Kier molecular flexibility index (Phi) is 2.92. The van der Waals surface area contributed by atoms with Crippen molar-refractivity contribution in [2.24, 2.45) is 0 Å². The molecule has 1 atom stereocenters. The van der Waals surface area contributed by atoms with E-state index < -0.39 is 0 Å². The van der Waals surface area contributed by atoms with Crippen LogP contribution < -0.4 is 18.9 Å². The highest BCUT2D eigenvalue weighted by Gasteiger charge is 2.31. The van der Waals surface area contributed by atoms with Crippen molar-refractivity contribution in [2.45, 2.75) is 5.92 Å². The largest absolute Gasteiger partial charge is 0.497 e. The minimum Gasteiger partial charge on any atom is -0.497 e. The lowest BCUT2D eigenvalue weighted by Crippen LogP contribution is -2.26. The van der Waals surface area contributed by atoms with Crippen molar-refractivity contribution in [1.29, 1.82) is 0 Å². The van der Waals surface area contributed by atoms with E-state index in [1.807, 2.05) is 18.2 Å². The third kappa shape index (κ3) is 1.97. The Labute approximate surface area is 127 Å². The van der Waals surface area contributed by atoms with E-state index in [1.54, 1.807) is 25.3 Å². The summed E-state index contributed by atoms with van der Waals surface area (Å²) in [5, 5.41) is 0. The Morgan fingerprint density at radius 2 is 1.82 bits per heavy atom. The van der Waals surface area contributed by atoms with Gasteiger partial charge in [-0.25, -0.2) is 0 Å². The standard InChI is InChI=1S/C17H14O5/c1-19-11-3-5-14-12(7-11)17(18)13(8-20-14)10-2-4-15-16(6-10)22-9-21-15/h2-7,13H,8-9H2,1H3/t13-/m1/s1. The predicted molar refractivity (Wildman–Crippen MR) is 78.1 cm³/mol. The normalized spacial score (nSPS) is 18.6. The van der Waals surface area contributed by atoms with Crippen LogP contribution in [0, 0.1) is 0 Å². The molecular formula is C17H14O5. The summed E-state index contributed by atoms with van der Waals surface area (Å²) in [6, 6.07) is 10.8. The maximum absolute atomic E-state index is 12.8. The van der Waals surface area contributed by atoms with E-state index in [0.29, 0.717) is 35.2 Å². The fourth-order valence-corrected chi connectivity index (χ4v) is 2.77. The fraction of sp³-hybridized carbons (Fsp3) is 0.235. The molecule has 0 N–H and O–H groups in total. The molecule has 0 saturated carbocycles. The number of benzene rings is 2. The molecule has 0 amide bonds. The highest BCUT2D eigenvalue weighted by molar-refractivity contribution is 6.04. The molecule has 0 bridgehead atoms. The van der Waals surface area contributed by atoms with Crippen molar-refractivity contribution in [2.75, 3.05) is 20.5 Å². The summed E-state index contributed by atoms with van der Waals surface area (Å²) in [7, 11) is 1.57. The second-order valence-corrected chi connectivity index (χ2v) is 5.20. The van der Waals surface area contributed by atoms with Gasteiger partial charge in [-0.15, -0.1) is 0 Å². The molecule has 0 aromatic heterocycles. The van der Waals surface area contributed by atoms with Crippen molar-refractivity contribution in [3.05, 3.63) is 47.5 Å². The Morgan fingerprint density at radius 3 is 2.68 bits per heavy atom. The van der Waals surface area contributed by atoms with Crippen molar-refractivity contribution < 1.29 is 23.7 Å². The van der Waals surface area contributed by atoms with Crippen LogP contribution in [0.4, 0.5) is 0 Å². The van der Waals surface area contributed by atoms with Crippen molar-refractivity contribution in [3.63, 3.8) is 0 Å². The molecule has 0 saturated heterocycles. The average Bonchev–Trinajstić information content (AvgIpc) is 3.02. The number of hydrogen-bond acceptors (Lipinski definition) is 5. The number of carbonyl (C=O) groups excluding carboxylic acids is 1. The SMILES string of the molecule is COc1ccc2c(c1)C(=O)[C@@H](c1ccc3c(c1)OCO3)CO2. The van der Waals surface area contributed by atoms with E-state index in [-0.39, 0.29) is 18.5 Å². The third-order valence-electron chi connectivity index (χ3n) is 3.97. The zero-order chi connectivity index (χ0) is 15.1. The first-order valence-corrected chi connectivity index (χ1v) is 7.01. The summed E-state index contributed by atoms with van der Waals surface area (Å²) >= 11 is 0. The number of carbonyl (C=O) groups is 1. The van der Waals surface area contributed by atoms with Crippen molar-refractivity contribution in [3.8, 4) is 23.0 Å². The Balaban J connectivity index is 1.70. The van der Waals surface area contributed by atoms with Crippen LogP contribution in [0.2, 0.25) is 0 Å². The lowest BCUT2D eigenvalue weighted by molar-refractivity contribution is 0.0895. The predicted octanol–water partition coefficient (Wildman–Crippen LogP) is 2.78. The lowest BCUT2D eigenvalue weighted by atomic mass is 9.89. The molecule has 0 aliphatic carbocycles. The molecule has 0 fully saturated rings. The number of methoxy groups -OCH3 is 1. The van der Waals surface area contributed by atoms with E-state index in [1.165, 1.54) is 0 Å². The quantitative estimate of drug-likeness (QED) is 0.853. The zero-order valence-electron chi connectivity index (χ0n) is 12.0. The second-order valence-electron chi connectivity index (χ2n) is 5.20. The smallest absolute Gasteiger partial charge is 0.231 e. The third-order valence-corrected chi connectivity index (χ3v) is 3.97. The monoisotopic (exact) mass is 298 g/mol. The van der Waals surface area contributed by atoms with Gasteiger partial charge in [-0.05, 0) is 35.9 Å². The maximum atomic E-state index is 12.8. The molecule has 22 heavy (non-hydrogen) atoms. The van der Waals surface area contributed by atoms with Crippen molar-refractivity contribution >= 4 is 5.78 Å². The van der Waals surface area contributed by atoms with Crippen LogP contribution in [-0.4, -0.2) is 26.3 Å². The van der Waals surface area contributed by atoms with Gasteiger partial charge in [0.05, 0.1) is 18.6 Å². The molecule has 5 nitrogen and oxygen atoms in total. The number of ketones is 1. The molecule has 2 aliphatic rings. The van der Waals surface area contributed by atoms with Crippen molar-refractivity contribution in [1.82, 2.24) is 0 Å². The van der Waals surface area contributed by atoms with E-state index in [0.717, 1.165) is 5.56 Å². The van der Waals surface area contributed by atoms with Gasteiger partial charge in [0.25, 0.3) is 0 Å².